The van der Waals surface area contributed by atoms with E-state index < -0.39 is 10.7 Å². The van der Waals surface area contributed by atoms with Crippen LogP contribution in [0.3, 0.4) is 0 Å². The number of nitro benzene ring substituents is 1. The summed E-state index contributed by atoms with van der Waals surface area (Å²) < 4.78 is 15.5. The summed E-state index contributed by atoms with van der Waals surface area (Å²) in [5, 5.41) is 12.0. The van der Waals surface area contributed by atoms with Crippen molar-refractivity contribution in [1.82, 2.24) is 9.55 Å². The van der Waals surface area contributed by atoms with Crippen molar-refractivity contribution in [2.24, 2.45) is 0 Å². The van der Waals surface area contributed by atoms with E-state index in [4.69, 9.17) is 0 Å². The zero-order valence-corrected chi connectivity index (χ0v) is 14.4. The van der Waals surface area contributed by atoms with Gasteiger partial charge < -0.3 is 0 Å². The molecule has 26 heavy (non-hydrogen) atoms. The van der Waals surface area contributed by atoms with Gasteiger partial charge in [0.1, 0.15) is 5.82 Å². The first-order chi connectivity index (χ1) is 12.5. The minimum Gasteiger partial charge on any atom is -0.283 e. The fourth-order valence-corrected chi connectivity index (χ4v) is 3.58. The lowest BCUT2D eigenvalue weighted by Crippen LogP contribution is -2.22. The van der Waals surface area contributed by atoms with Crippen molar-refractivity contribution in [3.8, 4) is 0 Å². The minimum atomic E-state index is -0.662. The molecule has 0 saturated heterocycles. The summed E-state index contributed by atoms with van der Waals surface area (Å²) in [7, 11) is 0. The number of benzene rings is 2. The van der Waals surface area contributed by atoms with Gasteiger partial charge in [0.25, 0.3) is 11.2 Å². The molecule has 2 aromatic carbocycles. The summed E-state index contributed by atoms with van der Waals surface area (Å²) in [5.74, 6) is -0.685. The fourth-order valence-electron chi connectivity index (χ4n) is 2.55. The third kappa shape index (κ3) is 3.36. The van der Waals surface area contributed by atoms with Crippen molar-refractivity contribution in [1.29, 1.82) is 0 Å². The van der Waals surface area contributed by atoms with Crippen molar-refractivity contribution >= 4 is 28.4 Å². The molecule has 0 aliphatic rings. The number of para-hydroxylation sites is 1. The Balaban J connectivity index is 2.05. The van der Waals surface area contributed by atoms with E-state index in [1.165, 1.54) is 22.8 Å². The number of rotatable bonds is 6. The van der Waals surface area contributed by atoms with Gasteiger partial charge in [0.05, 0.1) is 21.4 Å². The van der Waals surface area contributed by atoms with E-state index in [1.54, 1.807) is 30.3 Å². The first kappa shape index (κ1) is 17.8. The average Bonchev–Trinajstić information content (AvgIpc) is 2.63. The van der Waals surface area contributed by atoms with Crippen LogP contribution in [-0.2, 0) is 12.3 Å². The van der Waals surface area contributed by atoms with Crippen LogP contribution in [0, 0.1) is 15.9 Å². The number of halogens is 1. The lowest BCUT2D eigenvalue weighted by Gasteiger charge is -2.11. The minimum absolute atomic E-state index is 0.0229. The molecule has 1 heterocycles. The number of nitro groups is 1. The smallest absolute Gasteiger partial charge is 0.276 e. The molecular weight excluding hydrogens is 357 g/mol. The Labute approximate surface area is 152 Å². The zero-order chi connectivity index (χ0) is 18.7. The Morgan fingerprint density at radius 2 is 2.04 bits per heavy atom. The van der Waals surface area contributed by atoms with Crippen molar-refractivity contribution in [2.45, 2.75) is 17.5 Å². The van der Waals surface area contributed by atoms with Crippen molar-refractivity contribution in [2.75, 3.05) is 0 Å². The maximum atomic E-state index is 14.1. The fraction of sp³-hybridized carbons (Fsp3) is 0.111. The summed E-state index contributed by atoms with van der Waals surface area (Å²) in [6, 6.07) is 10.6. The number of hydrogen-bond donors (Lipinski definition) is 0. The van der Waals surface area contributed by atoms with Crippen LogP contribution in [0.2, 0.25) is 0 Å². The van der Waals surface area contributed by atoms with Gasteiger partial charge >= 0.3 is 0 Å². The molecule has 0 unspecified atom stereocenters. The Morgan fingerprint density at radius 1 is 1.27 bits per heavy atom. The van der Waals surface area contributed by atoms with Crippen molar-refractivity contribution < 1.29 is 9.31 Å². The van der Waals surface area contributed by atoms with Gasteiger partial charge in [-0.25, -0.2) is 9.37 Å². The van der Waals surface area contributed by atoms with E-state index in [-0.39, 0.29) is 29.1 Å². The van der Waals surface area contributed by atoms with E-state index in [0.717, 1.165) is 11.8 Å². The van der Waals surface area contributed by atoms with Crippen LogP contribution >= 0.6 is 11.8 Å². The second-order valence-electron chi connectivity index (χ2n) is 5.40. The molecule has 0 bridgehead atoms. The van der Waals surface area contributed by atoms with Gasteiger partial charge in [0.15, 0.2) is 5.16 Å². The predicted octanol–water partition coefficient (Wildman–Crippen LogP) is 3.92. The molecule has 0 spiro atoms. The highest BCUT2D eigenvalue weighted by atomic mass is 32.2. The second kappa shape index (κ2) is 7.49. The van der Waals surface area contributed by atoms with Crippen molar-refractivity contribution in [3.63, 3.8) is 0 Å². The Bertz CT molecular complexity index is 1070. The lowest BCUT2D eigenvalue weighted by molar-refractivity contribution is -0.385. The quantitative estimate of drug-likeness (QED) is 0.216. The van der Waals surface area contributed by atoms with Gasteiger partial charge in [-0.15, -0.1) is 6.58 Å². The van der Waals surface area contributed by atoms with Crippen LogP contribution in [-0.4, -0.2) is 14.5 Å². The summed E-state index contributed by atoms with van der Waals surface area (Å²) in [4.78, 5) is 27.6. The normalized spacial score (nSPS) is 10.8. The van der Waals surface area contributed by atoms with E-state index in [2.05, 4.69) is 11.6 Å². The number of allylic oxidation sites excluding steroid dienone is 1. The summed E-state index contributed by atoms with van der Waals surface area (Å²) in [6.07, 6.45) is 1.56. The van der Waals surface area contributed by atoms with Gasteiger partial charge in [-0.3, -0.25) is 19.5 Å². The molecule has 8 heteroatoms. The molecule has 3 rings (SSSR count). The maximum absolute atomic E-state index is 14.1. The highest BCUT2D eigenvalue weighted by molar-refractivity contribution is 7.98. The first-order valence-electron chi connectivity index (χ1n) is 7.68. The van der Waals surface area contributed by atoms with E-state index in [9.17, 15) is 19.3 Å². The summed E-state index contributed by atoms with van der Waals surface area (Å²) in [6.45, 7) is 3.88. The van der Waals surface area contributed by atoms with Crippen LogP contribution in [0.15, 0.2) is 65.1 Å². The zero-order valence-electron chi connectivity index (χ0n) is 13.6. The molecule has 132 valence electrons. The highest BCUT2D eigenvalue weighted by Crippen LogP contribution is 2.29. The third-order valence-corrected chi connectivity index (χ3v) is 4.78. The number of aromatic nitrogens is 2. The van der Waals surface area contributed by atoms with Gasteiger partial charge in [0, 0.05) is 18.4 Å². The second-order valence-corrected chi connectivity index (χ2v) is 6.34. The van der Waals surface area contributed by atoms with Gasteiger partial charge in [-0.2, -0.15) is 0 Å². The van der Waals surface area contributed by atoms with E-state index >= 15 is 0 Å². The van der Waals surface area contributed by atoms with Crippen LogP contribution in [0.5, 0.6) is 0 Å². The van der Waals surface area contributed by atoms with Crippen LogP contribution in [0.25, 0.3) is 10.9 Å². The molecule has 0 atom stereocenters. The maximum Gasteiger partial charge on any atom is 0.276 e. The molecule has 0 radical (unpaired) electrons. The SMILES string of the molecule is C=CCn1c(SCc2c(F)cccc2[N+](=O)[O-])nc2ccccc2c1=O. The molecule has 0 aliphatic carbocycles. The van der Waals surface area contributed by atoms with Crippen LogP contribution < -0.4 is 5.56 Å². The molecule has 3 aromatic rings. The molecule has 0 aliphatic heterocycles. The average molecular weight is 371 g/mol. The van der Waals surface area contributed by atoms with Crippen LogP contribution in [0.1, 0.15) is 5.56 Å². The lowest BCUT2D eigenvalue weighted by atomic mass is 10.2. The molecule has 1 aromatic heterocycles. The topological polar surface area (TPSA) is 78.0 Å². The summed E-state index contributed by atoms with van der Waals surface area (Å²) >= 11 is 1.07. The monoisotopic (exact) mass is 371 g/mol. The highest BCUT2D eigenvalue weighted by Gasteiger charge is 2.19. The predicted molar refractivity (Wildman–Crippen MR) is 98.8 cm³/mol. The van der Waals surface area contributed by atoms with Gasteiger partial charge in [0.2, 0.25) is 0 Å². The number of thioether (sulfide) groups is 1. The number of fused-ring (bicyclic) bond motifs is 1. The first-order valence-corrected chi connectivity index (χ1v) is 8.66. The Morgan fingerprint density at radius 3 is 2.77 bits per heavy atom. The Hall–Kier alpha value is -3.00. The standard InChI is InChI=1S/C18H14FN3O3S/c1-2-10-21-17(23)12-6-3-4-8-15(12)20-18(21)26-11-13-14(19)7-5-9-16(13)22(24)25/h2-9H,1,10-11H2. The Kier molecular flexibility index (Phi) is 5.13. The molecule has 6 nitrogen and oxygen atoms in total. The van der Waals surface area contributed by atoms with Gasteiger partial charge in [-0.1, -0.05) is 36.0 Å². The van der Waals surface area contributed by atoms with Gasteiger partial charge in [-0.05, 0) is 18.2 Å². The summed E-state index contributed by atoms with van der Waals surface area (Å²) in [5.41, 5.74) is -0.0460. The number of nitrogens with zero attached hydrogens (tertiary/aromatic N) is 3. The molecule has 0 saturated carbocycles. The molecule has 0 fully saturated rings. The largest absolute Gasteiger partial charge is 0.283 e. The van der Waals surface area contributed by atoms with E-state index in [0.29, 0.717) is 16.1 Å². The van der Waals surface area contributed by atoms with Crippen LogP contribution in [0.4, 0.5) is 10.1 Å². The molecule has 0 amide bonds. The molecular formula is C18H14FN3O3S. The molecule has 0 N–H and O–H groups in total. The van der Waals surface area contributed by atoms with Crippen molar-refractivity contribution in [3.05, 3.63) is 87.0 Å². The number of hydrogen-bond acceptors (Lipinski definition) is 5. The van der Waals surface area contributed by atoms with E-state index in [1.807, 2.05) is 0 Å². The third-order valence-electron chi connectivity index (χ3n) is 3.77.